The molecule has 7 rings (SSSR count). The molecule has 0 heterocycles. The number of hydrogen-bond acceptors (Lipinski definition) is 4. The lowest BCUT2D eigenvalue weighted by Crippen LogP contribution is -2.63. The summed E-state index contributed by atoms with van der Waals surface area (Å²) in [5.74, 6) is 1.18. The maximum atomic E-state index is 14.8. The van der Waals surface area contributed by atoms with Gasteiger partial charge in [-0.1, -0.05) is 116 Å². The quantitative estimate of drug-likeness (QED) is 0.0925. The third-order valence-corrected chi connectivity index (χ3v) is 12.5. The van der Waals surface area contributed by atoms with E-state index in [2.05, 4.69) is 162 Å². The Kier molecular flexibility index (Phi) is 12.3. The van der Waals surface area contributed by atoms with Crippen molar-refractivity contribution in [1.29, 1.82) is 0 Å². The molecule has 1 aliphatic rings. The van der Waals surface area contributed by atoms with Gasteiger partial charge in [-0.2, -0.15) is 0 Å². The number of anilines is 2. The van der Waals surface area contributed by atoms with Crippen LogP contribution in [-0.2, 0) is 0 Å². The Morgan fingerprint density at radius 3 is 0.982 bits per heavy atom. The first-order chi connectivity index (χ1) is 26.9. The van der Waals surface area contributed by atoms with E-state index in [0.29, 0.717) is 23.7 Å². The summed E-state index contributed by atoms with van der Waals surface area (Å²) in [6.07, 6.45) is 2.38. The summed E-state index contributed by atoms with van der Waals surface area (Å²) >= 11 is 0. The van der Waals surface area contributed by atoms with Crippen LogP contribution < -0.4 is 20.0 Å². The summed E-state index contributed by atoms with van der Waals surface area (Å²) in [4.78, 5) is 5.11. The smallest absolute Gasteiger partial charge is 0.0446 e. The fourth-order valence-corrected chi connectivity index (χ4v) is 8.96. The van der Waals surface area contributed by atoms with Crippen LogP contribution in [0.25, 0.3) is 43.1 Å². The van der Waals surface area contributed by atoms with Crippen LogP contribution in [0.15, 0.2) is 97.1 Å². The molecule has 0 aliphatic heterocycles. The van der Waals surface area contributed by atoms with E-state index in [1.54, 1.807) is 0 Å². The van der Waals surface area contributed by atoms with Crippen LogP contribution in [0.1, 0.15) is 104 Å². The molecular weight excluding hydrogens is 685 g/mol. The molecule has 4 heteroatoms. The molecule has 1 saturated carbocycles. The standard InChI is InChI=1S/C52H64N2O2/c1-33(2)21-25-53(26-22-34(3)4)47-19-17-41(43-29-37-13-9-11-15-39(37)31-45(43)47)49-51(55)50(52(49)56)42-18-20-48(54(27-23-35(5)6)28-24-36(7)8)46-32-40-16-12-10-14-38(40)30-44(42)46/h9-20,29-36,49-52H,21-28H2,1-8H3/q-2. The van der Waals surface area contributed by atoms with Crippen molar-refractivity contribution in [3.63, 3.8) is 0 Å². The SMILES string of the molecule is CC(C)CCN(CCC(C)C)c1ccc(C2C([O-])C(c3ccc(N(CCC(C)C)CCC(C)C)c4cc5ccccc5cc34)C2[O-])c2cc3ccccc3cc12. The molecule has 0 amide bonds. The molecule has 0 N–H and O–H groups in total. The van der Waals surface area contributed by atoms with Crippen LogP contribution in [0, 0.1) is 23.7 Å². The fourth-order valence-electron chi connectivity index (χ4n) is 8.96. The molecule has 0 aromatic heterocycles. The summed E-state index contributed by atoms with van der Waals surface area (Å²) in [5.41, 5.74) is 4.26. The Morgan fingerprint density at radius 1 is 0.411 bits per heavy atom. The van der Waals surface area contributed by atoms with Gasteiger partial charge in [-0.25, -0.2) is 0 Å². The van der Waals surface area contributed by atoms with E-state index in [1.165, 1.54) is 22.1 Å². The highest BCUT2D eigenvalue weighted by molar-refractivity contribution is 6.07. The van der Waals surface area contributed by atoms with Crippen molar-refractivity contribution < 1.29 is 10.2 Å². The van der Waals surface area contributed by atoms with Crippen molar-refractivity contribution in [3.05, 3.63) is 108 Å². The van der Waals surface area contributed by atoms with Crippen LogP contribution >= 0.6 is 0 Å². The molecule has 4 nitrogen and oxygen atoms in total. The summed E-state index contributed by atoms with van der Waals surface area (Å²) in [7, 11) is 0. The molecule has 0 radical (unpaired) electrons. The van der Waals surface area contributed by atoms with E-state index >= 15 is 0 Å². The topological polar surface area (TPSA) is 52.6 Å². The van der Waals surface area contributed by atoms with Gasteiger partial charge in [-0.15, -0.1) is 12.2 Å². The molecule has 6 aromatic carbocycles. The fraction of sp³-hybridized carbons (Fsp3) is 0.462. The Morgan fingerprint density at radius 2 is 0.696 bits per heavy atom. The van der Waals surface area contributed by atoms with Gasteiger partial charge in [0.25, 0.3) is 0 Å². The highest BCUT2D eigenvalue weighted by atomic mass is 16.3. The minimum absolute atomic E-state index is 0.601. The van der Waals surface area contributed by atoms with Gasteiger partial charge < -0.3 is 20.0 Å². The Hall–Kier alpha value is -4.12. The van der Waals surface area contributed by atoms with E-state index in [4.69, 9.17) is 0 Å². The van der Waals surface area contributed by atoms with Crippen molar-refractivity contribution >= 4 is 54.5 Å². The zero-order valence-corrected chi connectivity index (χ0v) is 35.2. The van der Waals surface area contributed by atoms with E-state index in [1.807, 2.05) is 0 Å². The van der Waals surface area contributed by atoms with Crippen molar-refractivity contribution in [1.82, 2.24) is 0 Å². The average Bonchev–Trinajstić information content (AvgIpc) is 3.17. The van der Waals surface area contributed by atoms with Crippen molar-refractivity contribution in [3.8, 4) is 0 Å². The van der Waals surface area contributed by atoms with Crippen LogP contribution in [0.2, 0.25) is 0 Å². The van der Waals surface area contributed by atoms with Gasteiger partial charge in [-0.05, 0) is 141 Å². The zero-order valence-electron chi connectivity index (χ0n) is 35.2. The summed E-state index contributed by atoms with van der Waals surface area (Å²) in [6, 6.07) is 34.8. The normalized spacial score (nSPS) is 18.7. The monoisotopic (exact) mass is 748 g/mol. The number of nitrogens with zero attached hydrogens (tertiary/aromatic N) is 2. The average molecular weight is 749 g/mol. The van der Waals surface area contributed by atoms with Gasteiger partial charge in [0, 0.05) is 48.3 Å². The minimum atomic E-state index is -1.03. The molecule has 0 saturated heterocycles. The lowest BCUT2D eigenvalue weighted by Gasteiger charge is -2.62. The van der Waals surface area contributed by atoms with E-state index in [-0.39, 0.29) is 0 Å². The van der Waals surface area contributed by atoms with Crippen molar-refractivity contribution in [2.45, 2.75) is 105 Å². The molecular formula is C52H64N2O2-2. The molecule has 296 valence electrons. The molecule has 6 aromatic rings. The molecule has 56 heavy (non-hydrogen) atoms. The van der Waals surface area contributed by atoms with Gasteiger partial charge in [0.2, 0.25) is 0 Å². The summed E-state index contributed by atoms with van der Waals surface area (Å²) in [6.45, 7) is 22.3. The first kappa shape index (κ1) is 40.1. The molecule has 1 aliphatic carbocycles. The van der Waals surface area contributed by atoms with Crippen LogP contribution in [-0.4, -0.2) is 38.4 Å². The van der Waals surface area contributed by atoms with E-state index in [9.17, 15) is 10.2 Å². The highest BCUT2D eigenvalue weighted by Gasteiger charge is 2.40. The molecule has 0 spiro atoms. The number of rotatable bonds is 16. The maximum Gasteiger partial charge on any atom is 0.0446 e. The number of benzene rings is 6. The lowest BCUT2D eigenvalue weighted by atomic mass is 9.62. The predicted molar refractivity (Wildman–Crippen MR) is 238 cm³/mol. The van der Waals surface area contributed by atoms with Gasteiger partial charge in [-0.3, -0.25) is 0 Å². The largest absolute Gasteiger partial charge is 0.851 e. The second kappa shape index (κ2) is 17.2. The maximum absolute atomic E-state index is 14.8. The van der Waals surface area contributed by atoms with Crippen LogP contribution in [0.4, 0.5) is 11.4 Å². The summed E-state index contributed by atoms with van der Waals surface area (Å²) < 4.78 is 0. The third kappa shape index (κ3) is 8.29. The van der Waals surface area contributed by atoms with Gasteiger partial charge in [0.1, 0.15) is 0 Å². The first-order valence-electron chi connectivity index (χ1n) is 21.6. The Balaban J connectivity index is 1.31. The van der Waals surface area contributed by atoms with E-state index in [0.717, 1.165) is 95.3 Å². The number of fused-ring (bicyclic) bond motifs is 4. The third-order valence-electron chi connectivity index (χ3n) is 12.5. The molecule has 1 fully saturated rings. The van der Waals surface area contributed by atoms with Crippen molar-refractivity contribution in [2.24, 2.45) is 23.7 Å². The van der Waals surface area contributed by atoms with Crippen molar-refractivity contribution in [2.75, 3.05) is 36.0 Å². The Labute approximate surface area is 336 Å². The molecule has 0 bridgehead atoms. The lowest BCUT2D eigenvalue weighted by molar-refractivity contribution is -0.535. The zero-order chi connectivity index (χ0) is 39.7. The Bertz CT molecular complexity index is 2080. The summed E-state index contributed by atoms with van der Waals surface area (Å²) in [5, 5.41) is 38.7. The highest BCUT2D eigenvalue weighted by Crippen LogP contribution is 2.51. The van der Waals surface area contributed by atoms with E-state index < -0.39 is 24.0 Å². The van der Waals surface area contributed by atoms with Gasteiger partial charge >= 0.3 is 0 Å². The number of hydrogen-bond donors (Lipinski definition) is 0. The minimum Gasteiger partial charge on any atom is -0.851 e. The van der Waals surface area contributed by atoms with Crippen LogP contribution in [0.5, 0.6) is 0 Å². The predicted octanol–water partition coefficient (Wildman–Crippen LogP) is 11.4. The molecule has 0 atom stereocenters. The van der Waals surface area contributed by atoms with Gasteiger partial charge in [0.05, 0.1) is 0 Å². The first-order valence-corrected chi connectivity index (χ1v) is 21.6. The second-order valence-electron chi connectivity index (χ2n) is 18.5. The van der Waals surface area contributed by atoms with Gasteiger partial charge in [0.15, 0.2) is 0 Å². The van der Waals surface area contributed by atoms with Crippen LogP contribution in [0.3, 0.4) is 0 Å². The second-order valence-corrected chi connectivity index (χ2v) is 18.5. The molecule has 0 unspecified atom stereocenters.